The number of nitrogens with one attached hydrogen (secondary N) is 1. The Balaban J connectivity index is 1.28. The molecular weight excluding hydrogens is 438 g/mol. The van der Waals surface area contributed by atoms with Gasteiger partial charge in [-0.1, -0.05) is 18.2 Å². The average Bonchev–Trinajstić information content (AvgIpc) is 3.28. The summed E-state index contributed by atoms with van der Waals surface area (Å²) in [6, 6.07) is 17.5. The van der Waals surface area contributed by atoms with Crippen LogP contribution >= 0.6 is 0 Å². The molecule has 1 amide bonds. The van der Waals surface area contributed by atoms with Crippen molar-refractivity contribution < 1.29 is 9.53 Å². The Hall–Kier alpha value is -3.84. The van der Waals surface area contributed by atoms with Crippen molar-refractivity contribution >= 4 is 22.9 Å². The molecule has 5 rings (SSSR count). The predicted molar refractivity (Wildman–Crippen MR) is 140 cm³/mol. The van der Waals surface area contributed by atoms with Crippen LogP contribution in [0.25, 0.3) is 5.65 Å². The van der Waals surface area contributed by atoms with Crippen LogP contribution in [0.2, 0.25) is 0 Å². The molecule has 0 saturated carbocycles. The van der Waals surface area contributed by atoms with Gasteiger partial charge in [-0.2, -0.15) is 0 Å². The van der Waals surface area contributed by atoms with Crippen molar-refractivity contribution in [1.29, 1.82) is 0 Å². The summed E-state index contributed by atoms with van der Waals surface area (Å²) >= 11 is 0. The molecule has 4 aromatic rings. The van der Waals surface area contributed by atoms with E-state index in [1.807, 2.05) is 66.2 Å². The summed E-state index contributed by atoms with van der Waals surface area (Å²) in [4.78, 5) is 22.6. The molecule has 2 aromatic carbocycles. The lowest BCUT2D eigenvalue weighted by atomic mass is 10.1. The molecule has 7 heteroatoms. The summed E-state index contributed by atoms with van der Waals surface area (Å²) in [7, 11) is 2.16. The molecule has 0 bridgehead atoms. The zero-order chi connectivity index (χ0) is 24.4. The van der Waals surface area contributed by atoms with E-state index in [-0.39, 0.29) is 12.5 Å². The fourth-order valence-electron chi connectivity index (χ4n) is 4.54. The second kappa shape index (κ2) is 9.80. The molecule has 1 aliphatic rings. The molecule has 0 spiro atoms. The molecule has 1 fully saturated rings. The highest BCUT2D eigenvalue weighted by Gasteiger charge is 2.17. The van der Waals surface area contributed by atoms with E-state index in [1.54, 1.807) is 6.07 Å². The third-order valence-corrected chi connectivity index (χ3v) is 6.53. The first-order valence-electron chi connectivity index (χ1n) is 12.0. The van der Waals surface area contributed by atoms with Gasteiger partial charge in [0.15, 0.2) is 0 Å². The number of aromatic nitrogens is 2. The topological polar surface area (TPSA) is 62.1 Å². The van der Waals surface area contributed by atoms with Crippen LogP contribution in [0.1, 0.15) is 27.2 Å². The van der Waals surface area contributed by atoms with Crippen LogP contribution in [0, 0.1) is 13.8 Å². The number of likely N-dealkylation sites (N-methyl/N-ethyl adjacent to an activating group) is 1. The highest BCUT2D eigenvalue weighted by atomic mass is 16.5. The summed E-state index contributed by atoms with van der Waals surface area (Å²) in [6.07, 6.45) is 3.92. The van der Waals surface area contributed by atoms with Crippen LogP contribution in [-0.2, 0) is 6.61 Å². The van der Waals surface area contributed by atoms with E-state index in [2.05, 4.69) is 40.1 Å². The van der Waals surface area contributed by atoms with Gasteiger partial charge in [0.2, 0.25) is 0 Å². The van der Waals surface area contributed by atoms with Gasteiger partial charge in [-0.3, -0.25) is 4.79 Å². The van der Waals surface area contributed by atoms with E-state index < -0.39 is 0 Å². The van der Waals surface area contributed by atoms with Crippen molar-refractivity contribution in [3.05, 3.63) is 89.4 Å². The number of carbonyl (C=O) groups is 1. The Bertz CT molecular complexity index is 1350. The lowest BCUT2D eigenvalue weighted by molar-refractivity contribution is 0.102. The van der Waals surface area contributed by atoms with Gasteiger partial charge in [0, 0.05) is 49.9 Å². The number of pyridine rings is 1. The largest absolute Gasteiger partial charge is 0.486 e. The predicted octanol–water partition coefficient (Wildman–Crippen LogP) is 4.53. The Morgan fingerprint density at radius 2 is 1.80 bits per heavy atom. The third kappa shape index (κ3) is 5.00. The fourth-order valence-corrected chi connectivity index (χ4v) is 4.54. The van der Waals surface area contributed by atoms with Gasteiger partial charge >= 0.3 is 0 Å². The van der Waals surface area contributed by atoms with Crippen molar-refractivity contribution in [3.63, 3.8) is 0 Å². The van der Waals surface area contributed by atoms with Crippen LogP contribution in [0.5, 0.6) is 5.75 Å². The van der Waals surface area contributed by atoms with Crippen LogP contribution in [0.3, 0.4) is 0 Å². The molecule has 35 heavy (non-hydrogen) atoms. The SMILES string of the molecule is Cc1cc(NC(=O)c2ccccc2OCc2cn3cccc(C)c3n2)ccc1N1CCN(C)CC1. The monoisotopic (exact) mass is 469 g/mol. The van der Waals surface area contributed by atoms with E-state index >= 15 is 0 Å². The number of rotatable bonds is 6. The summed E-state index contributed by atoms with van der Waals surface area (Å²) in [5, 5.41) is 3.04. The fraction of sp³-hybridized carbons (Fsp3) is 0.286. The van der Waals surface area contributed by atoms with E-state index in [0.717, 1.165) is 54.3 Å². The number of ether oxygens (including phenoxy) is 1. The highest BCUT2D eigenvalue weighted by Crippen LogP contribution is 2.26. The smallest absolute Gasteiger partial charge is 0.259 e. The second-order valence-electron chi connectivity index (χ2n) is 9.18. The van der Waals surface area contributed by atoms with Crippen LogP contribution in [-0.4, -0.2) is 53.4 Å². The van der Waals surface area contributed by atoms with E-state index in [0.29, 0.717) is 11.3 Å². The number of carbonyl (C=O) groups excluding carboxylic acids is 1. The van der Waals surface area contributed by atoms with Crippen molar-refractivity contribution in [2.75, 3.05) is 43.4 Å². The molecule has 1 N–H and O–H groups in total. The van der Waals surface area contributed by atoms with Gasteiger partial charge in [0.1, 0.15) is 18.0 Å². The number of aryl methyl sites for hydroxylation is 2. The summed E-state index contributed by atoms with van der Waals surface area (Å²) in [5.74, 6) is 0.336. The zero-order valence-electron chi connectivity index (χ0n) is 20.5. The van der Waals surface area contributed by atoms with Crippen LogP contribution < -0.4 is 15.0 Å². The van der Waals surface area contributed by atoms with Gasteiger partial charge in [-0.05, 0) is 68.4 Å². The number of piperazine rings is 1. The third-order valence-electron chi connectivity index (χ3n) is 6.53. The van der Waals surface area contributed by atoms with Crippen molar-refractivity contribution in [3.8, 4) is 5.75 Å². The van der Waals surface area contributed by atoms with Gasteiger partial charge in [0.05, 0.1) is 11.3 Å². The molecule has 0 unspecified atom stereocenters. The lowest BCUT2D eigenvalue weighted by Crippen LogP contribution is -2.44. The normalized spacial score (nSPS) is 14.3. The number of hydrogen-bond donors (Lipinski definition) is 1. The highest BCUT2D eigenvalue weighted by molar-refractivity contribution is 6.06. The Labute approximate surface area is 206 Å². The Kier molecular flexibility index (Phi) is 6.42. The van der Waals surface area contributed by atoms with Crippen molar-refractivity contribution in [1.82, 2.24) is 14.3 Å². The van der Waals surface area contributed by atoms with E-state index in [4.69, 9.17) is 4.74 Å². The standard InChI is InChI=1S/C28H31N5O2/c1-20-7-6-12-33-18-23(29-27(20)33)19-35-26-9-5-4-8-24(26)28(34)30-22-10-11-25(21(2)17-22)32-15-13-31(3)14-16-32/h4-12,17-18H,13-16,19H2,1-3H3,(H,30,34). The zero-order valence-corrected chi connectivity index (χ0v) is 20.5. The molecule has 1 saturated heterocycles. The van der Waals surface area contributed by atoms with E-state index in [9.17, 15) is 4.79 Å². The van der Waals surface area contributed by atoms with Gasteiger partial charge < -0.3 is 24.3 Å². The number of fused-ring (bicyclic) bond motifs is 1. The number of amides is 1. The minimum atomic E-state index is -0.196. The molecule has 7 nitrogen and oxygen atoms in total. The minimum Gasteiger partial charge on any atom is -0.486 e. The maximum atomic E-state index is 13.1. The minimum absolute atomic E-state index is 0.196. The first-order valence-corrected chi connectivity index (χ1v) is 12.0. The number of para-hydroxylation sites is 1. The maximum Gasteiger partial charge on any atom is 0.259 e. The molecule has 0 atom stereocenters. The van der Waals surface area contributed by atoms with E-state index in [1.165, 1.54) is 5.69 Å². The number of nitrogens with zero attached hydrogens (tertiary/aromatic N) is 4. The van der Waals surface area contributed by atoms with Crippen molar-refractivity contribution in [2.45, 2.75) is 20.5 Å². The first kappa shape index (κ1) is 22.9. The number of benzene rings is 2. The lowest BCUT2D eigenvalue weighted by Gasteiger charge is -2.35. The second-order valence-corrected chi connectivity index (χ2v) is 9.18. The number of anilines is 2. The molecule has 180 valence electrons. The summed E-state index contributed by atoms with van der Waals surface area (Å²) in [6.45, 7) is 8.55. The Morgan fingerprint density at radius 3 is 2.57 bits per heavy atom. The van der Waals surface area contributed by atoms with Crippen molar-refractivity contribution in [2.24, 2.45) is 0 Å². The average molecular weight is 470 g/mol. The summed E-state index contributed by atoms with van der Waals surface area (Å²) < 4.78 is 8.02. The number of hydrogen-bond acceptors (Lipinski definition) is 5. The molecule has 0 aliphatic carbocycles. The molecule has 0 radical (unpaired) electrons. The van der Waals surface area contributed by atoms with Crippen LogP contribution in [0.4, 0.5) is 11.4 Å². The van der Waals surface area contributed by atoms with Gasteiger partial charge in [-0.15, -0.1) is 0 Å². The molecule has 2 aromatic heterocycles. The quantitative estimate of drug-likeness (QED) is 0.449. The van der Waals surface area contributed by atoms with Gasteiger partial charge in [0.25, 0.3) is 5.91 Å². The Morgan fingerprint density at radius 1 is 1.00 bits per heavy atom. The first-order chi connectivity index (χ1) is 17.0. The molecular formula is C28H31N5O2. The van der Waals surface area contributed by atoms with Crippen LogP contribution in [0.15, 0.2) is 67.0 Å². The van der Waals surface area contributed by atoms with Gasteiger partial charge in [-0.25, -0.2) is 4.98 Å². The maximum absolute atomic E-state index is 13.1. The summed E-state index contributed by atoms with van der Waals surface area (Å²) in [5.41, 5.74) is 6.47. The molecule has 1 aliphatic heterocycles. The number of imidazole rings is 1. The molecule has 3 heterocycles.